The lowest BCUT2D eigenvalue weighted by atomic mass is 9.97. The van der Waals surface area contributed by atoms with Gasteiger partial charge in [-0.2, -0.15) is 11.8 Å². The van der Waals surface area contributed by atoms with Crippen molar-refractivity contribution in [3.63, 3.8) is 0 Å². The van der Waals surface area contributed by atoms with E-state index in [0.29, 0.717) is 45.2 Å². The van der Waals surface area contributed by atoms with Crippen molar-refractivity contribution < 1.29 is 48.4 Å². The number of nitrogens with zero attached hydrogens (tertiary/aromatic N) is 1. The molecule has 0 radical (unpaired) electrons. The number of carbonyl (C=O) groups excluding carboxylic acids is 8. The average Bonchev–Trinajstić information content (AvgIpc) is 3.78. The number of thioether (sulfide) groups is 2. The first-order valence-corrected chi connectivity index (χ1v) is 32.1. The Hall–Kier alpha value is -4.69. The van der Waals surface area contributed by atoms with Crippen LogP contribution in [0.25, 0.3) is 0 Å². The zero-order valence-electron chi connectivity index (χ0n) is 50.2. The lowest BCUT2D eigenvalue weighted by molar-refractivity contribution is -0.826. The minimum absolute atomic E-state index is 0.0908. The Morgan fingerprint density at radius 1 is 0.747 bits per heavy atom. The molecule has 0 spiro atoms. The van der Waals surface area contributed by atoms with E-state index in [1.807, 2.05) is 61.8 Å². The van der Waals surface area contributed by atoms with E-state index in [-0.39, 0.29) is 29.0 Å². The number of nitrogens with one attached hydrogen (secondary N) is 13. The van der Waals surface area contributed by atoms with Gasteiger partial charge in [-0.3, -0.25) is 43.3 Å². The van der Waals surface area contributed by atoms with Crippen LogP contribution in [0.2, 0.25) is 0 Å². The number of quaternary nitrogens is 1. The third-order valence-corrected chi connectivity index (χ3v) is 17.2. The van der Waals surface area contributed by atoms with E-state index >= 15 is 0 Å². The summed E-state index contributed by atoms with van der Waals surface area (Å²) in [5, 5.41) is 48.0. The first kappa shape index (κ1) is 74.4. The molecule has 2 rings (SSSR count). The zero-order chi connectivity index (χ0) is 63.2. The lowest BCUT2D eigenvalue weighted by Gasteiger charge is -2.30. The average molecular weight is 1290 g/mol. The highest BCUT2D eigenvalue weighted by Gasteiger charge is 2.39. The Morgan fingerprint density at radius 3 is 1.81 bits per heavy atom. The molecule has 2 aliphatic heterocycles. The highest BCUT2D eigenvalue weighted by molar-refractivity contribution is 8.02. The molecule has 23 nitrogen and oxygen atoms in total. The van der Waals surface area contributed by atoms with Crippen LogP contribution >= 0.6 is 84.6 Å². The molecule has 14 atom stereocenters. The molecule has 0 bridgehead atoms. The number of amides is 7. The molecule has 0 aromatic carbocycles. The Bertz CT molecular complexity index is 2440. The summed E-state index contributed by atoms with van der Waals surface area (Å²) >= 11 is 31.4. The van der Waals surface area contributed by atoms with Crippen LogP contribution in [0.5, 0.6) is 0 Å². The molecule has 7 amide bonds. The largest absolute Gasteiger partial charge is 0.384 e. The Morgan fingerprint density at radius 2 is 1.30 bits per heavy atom. The van der Waals surface area contributed by atoms with E-state index in [9.17, 15) is 43.5 Å². The van der Waals surface area contributed by atoms with E-state index in [1.165, 1.54) is 25.5 Å². The van der Waals surface area contributed by atoms with Gasteiger partial charge >= 0.3 is 0 Å². The van der Waals surface area contributed by atoms with Gasteiger partial charge in [0.25, 0.3) is 5.91 Å². The number of carbonyl (C=O) groups is 8. The third kappa shape index (κ3) is 24.7. The Kier molecular flexibility index (Phi) is 32.6. The zero-order valence-corrected chi connectivity index (χ0v) is 55.9. The van der Waals surface area contributed by atoms with E-state index < -0.39 is 126 Å². The van der Waals surface area contributed by atoms with Gasteiger partial charge in [-0.05, 0) is 82.6 Å². The van der Waals surface area contributed by atoms with Crippen molar-refractivity contribution in [2.45, 2.75) is 175 Å². The minimum atomic E-state index is -1.52. The maximum Gasteiger partial charge on any atom is 0.287 e. The molecule has 0 saturated carbocycles. The summed E-state index contributed by atoms with van der Waals surface area (Å²) in [5.74, 6) is -5.55. The predicted molar refractivity (Wildman–Crippen MR) is 348 cm³/mol. The van der Waals surface area contributed by atoms with Crippen LogP contribution in [-0.2, 0) is 38.4 Å². The smallest absolute Gasteiger partial charge is 0.287 e. The van der Waals surface area contributed by atoms with E-state index in [0.717, 1.165) is 22.4 Å². The molecule has 0 aromatic heterocycles. The molecule has 30 heteroatoms. The molecule has 14 N–H and O–H groups in total. The Balaban J connectivity index is 2.27. The summed E-state index contributed by atoms with van der Waals surface area (Å²) < 4.78 is 0. The molecular formula is C53H89N14O9S7+. The first-order valence-electron chi connectivity index (χ1n) is 27.6. The molecule has 466 valence electrons. The maximum absolute atomic E-state index is 14.2. The van der Waals surface area contributed by atoms with Gasteiger partial charge in [-0.25, -0.2) is 0 Å². The van der Waals surface area contributed by atoms with E-state index in [1.54, 1.807) is 50.7 Å². The molecule has 0 aliphatic carbocycles. The quantitative estimate of drug-likeness (QED) is 0.0427. The Labute approximate surface area is 525 Å². The third-order valence-electron chi connectivity index (χ3n) is 13.5. The molecule has 0 aromatic rings. The standard InChI is InChI=1S/C53H88N14O9S7/c1-16-27(6)39-48(76)55-28(7)42(70)60-35(21-25(2)3)45(73)65-40(41(69)37-22-66(13)24-67(37)14)47(75)54-18-20-83-23-36(46(74)64-39)61-43(71)29(8)56-49(77)30(9)57-50(78)31(10)58-51(79)32(11)59-52(80)34(17-19-82-15)62-53(81)38(26(4)5)63-44(72)33(12)68/h18,20,22,25-32,34-36,38-41,69H,16-17,19,21,23-24H2,1-15H3,(H,54,75)(H,55,76)(H,56,77)(H,57,78)(H,58,79)(H,59,80)(H,60,70)(H,61,71)(H,62,81)(H,63,72)(H,64,74)(H,65,73)/p+1. The topological polar surface area (TPSA) is 309 Å². The summed E-state index contributed by atoms with van der Waals surface area (Å²) in [6.45, 7) is 21.1. The van der Waals surface area contributed by atoms with Gasteiger partial charge in [0.2, 0.25) is 41.2 Å². The van der Waals surface area contributed by atoms with Gasteiger partial charge in [0.05, 0.1) is 62.2 Å². The number of thiocarbonyl (C=S) groups is 5. The van der Waals surface area contributed by atoms with Crippen LogP contribution in [0.4, 0.5) is 0 Å². The fourth-order valence-electron chi connectivity index (χ4n) is 8.24. The molecule has 0 saturated heterocycles. The van der Waals surface area contributed by atoms with E-state index in [4.69, 9.17) is 61.1 Å². The summed E-state index contributed by atoms with van der Waals surface area (Å²) in [5.41, 5.74) is 0.396. The van der Waals surface area contributed by atoms with Gasteiger partial charge in [-0.1, -0.05) is 109 Å². The fourth-order valence-corrected chi connectivity index (χ4v) is 11.0. The summed E-state index contributed by atoms with van der Waals surface area (Å²) in [6.07, 6.45) is 4.71. The second-order valence-corrected chi connectivity index (χ2v) is 25.8. The van der Waals surface area contributed by atoms with Crippen molar-refractivity contribution in [3.8, 4) is 0 Å². The molecule has 14 unspecified atom stereocenters. The first-order chi connectivity index (χ1) is 38.7. The van der Waals surface area contributed by atoms with Crippen LogP contribution in [-0.4, -0.2) is 193 Å². The minimum Gasteiger partial charge on any atom is -0.384 e. The van der Waals surface area contributed by atoms with Crippen molar-refractivity contribution in [3.05, 3.63) is 23.5 Å². The molecule has 0 fully saturated rings. The van der Waals surface area contributed by atoms with Crippen LogP contribution < -0.4 is 68.7 Å². The fraction of sp³-hybridized carbons (Fsp3) is 0.679. The van der Waals surface area contributed by atoms with Crippen molar-refractivity contribution in [1.29, 1.82) is 0 Å². The summed E-state index contributed by atoms with van der Waals surface area (Å²) in [4.78, 5) is 112. The summed E-state index contributed by atoms with van der Waals surface area (Å²) in [6, 6.07) is -9.82. The second kappa shape index (κ2) is 36.3. The molecule has 2 aliphatic rings. The number of hydrogen-bond acceptors (Lipinski definition) is 17. The normalized spacial score (nSPS) is 23.1. The second-order valence-electron chi connectivity index (χ2n) is 21.7. The molecule has 2 heterocycles. The van der Waals surface area contributed by atoms with Gasteiger partial charge in [0, 0.05) is 25.9 Å². The number of aliphatic hydroxyl groups is 1. The van der Waals surface area contributed by atoms with Crippen LogP contribution in [0.3, 0.4) is 0 Å². The van der Waals surface area contributed by atoms with Crippen molar-refractivity contribution in [2.75, 3.05) is 38.5 Å². The number of ketones is 1. The maximum atomic E-state index is 14.2. The van der Waals surface area contributed by atoms with Crippen molar-refractivity contribution in [2.24, 2.45) is 17.8 Å². The van der Waals surface area contributed by atoms with Crippen LogP contribution in [0.1, 0.15) is 102 Å². The van der Waals surface area contributed by atoms with Crippen LogP contribution in [0, 0.1) is 17.8 Å². The van der Waals surface area contributed by atoms with Crippen LogP contribution in [0.15, 0.2) is 23.5 Å². The molecular weight excluding hydrogens is 1200 g/mol. The highest BCUT2D eigenvalue weighted by atomic mass is 32.2. The predicted octanol–water partition coefficient (Wildman–Crippen LogP) is -0.533. The number of likely N-dealkylation sites (N-methyl/N-ethyl adjacent to an activating group) is 1. The monoisotopic (exact) mass is 1290 g/mol. The van der Waals surface area contributed by atoms with Gasteiger partial charge in [0.1, 0.15) is 54.3 Å². The number of rotatable bonds is 24. The summed E-state index contributed by atoms with van der Waals surface area (Å²) in [7, 11) is 3.61. The lowest BCUT2D eigenvalue weighted by Crippen LogP contribution is -3.03. The number of hydrogen-bond donors (Lipinski definition) is 14. The van der Waals surface area contributed by atoms with Gasteiger partial charge < -0.3 is 73.8 Å². The SMILES string of the molecule is CCC(C)C1NC(=O)C(NC(=O)C(C)NC(=S)C(C)NC(=S)C(C)NC(=S)C(C)NC(=S)C(CCSC)NC(=S)C(NC(=O)C(C)=O)C(C)C)CSC=CNC(=O)C(C(O)C2=C[NH+](C)CN2C)NC(=O)C(CC(C)C)NC(=O)C(C)NC1=O. The van der Waals surface area contributed by atoms with Crippen molar-refractivity contribution in [1.82, 2.24) is 68.7 Å². The molecule has 83 heavy (non-hydrogen) atoms. The highest BCUT2D eigenvalue weighted by Crippen LogP contribution is 2.16. The number of aliphatic hydroxyl groups excluding tert-OH is 1. The van der Waals surface area contributed by atoms with Gasteiger partial charge in [-0.15, -0.1) is 11.8 Å². The van der Waals surface area contributed by atoms with Crippen molar-refractivity contribution >= 4 is 157 Å². The van der Waals surface area contributed by atoms with E-state index in [2.05, 4.69) is 63.8 Å². The van der Waals surface area contributed by atoms with Gasteiger partial charge in [0.15, 0.2) is 6.67 Å². The number of Topliss-reactive ketones (excluding diaryl/α,β-unsaturated/α-hetero) is 1.